The second-order valence-corrected chi connectivity index (χ2v) is 6.29. The highest BCUT2D eigenvalue weighted by Crippen LogP contribution is 2.32. The van der Waals surface area contributed by atoms with Crippen molar-refractivity contribution in [1.29, 1.82) is 0 Å². The fourth-order valence-electron chi connectivity index (χ4n) is 1.61. The lowest BCUT2D eigenvalue weighted by Crippen LogP contribution is -2.06. The van der Waals surface area contributed by atoms with Gasteiger partial charge < -0.3 is 10.1 Å². The number of ether oxygens (including phenoxy) is 1. The molecule has 0 aliphatic heterocycles. The quantitative estimate of drug-likeness (QED) is 0.806. The maximum absolute atomic E-state index is 5.95. The molecule has 2 aromatic rings. The molecule has 96 valence electrons. The molecule has 0 aliphatic carbocycles. The maximum atomic E-state index is 5.95. The van der Waals surface area contributed by atoms with Gasteiger partial charge in [0.1, 0.15) is 5.75 Å². The number of rotatable bonds is 4. The van der Waals surface area contributed by atoms with E-state index in [1.807, 2.05) is 24.3 Å². The molecule has 2 rings (SSSR count). The van der Waals surface area contributed by atoms with Gasteiger partial charge in [0, 0.05) is 16.6 Å². The third-order valence-electron chi connectivity index (χ3n) is 2.63. The highest BCUT2D eigenvalue weighted by molar-refractivity contribution is 9.10. The summed E-state index contributed by atoms with van der Waals surface area (Å²) in [4.78, 5) is 0. The molecule has 1 N–H and O–H groups in total. The van der Waals surface area contributed by atoms with Crippen molar-refractivity contribution in [2.75, 3.05) is 12.4 Å². The summed E-state index contributed by atoms with van der Waals surface area (Å²) in [7, 11) is 1.66. The van der Waals surface area contributed by atoms with Crippen LogP contribution in [0.15, 0.2) is 34.1 Å². The zero-order chi connectivity index (χ0) is 13.1. The first-order valence-electron chi connectivity index (χ1n) is 5.44. The van der Waals surface area contributed by atoms with Crippen molar-refractivity contribution in [2.45, 2.75) is 13.0 Å². The molecule has 5 heteroatoms. The molecular weight excluding hydrogens is 334 g/mol. The second-order valence-electron chi connectivity index (χ2n) is 3.90. The number of hydrogen-bond acceptors (Lipinski definition) is 3. The van der Waals surface area contributed by atoms with Gasteiger partial charge in [0.05, 0.1) is 17.1 Å². The lowest BCUT2D eigenvalue weighted by Gasteiger charge is -2.16. The van der Waals surface area contributed by atoms with E-state index in [0.717, 1.165) is 20.2 Å². The summed E-state index contributed by atoms with van der Waals surface area (Å²) < 4.78 is 7.04. The van der Waals surface area contributed by atoms with E-state index in [1.54, 1.807) is 18.4 Å². The molecule has 0 saturated heterocycles. The Morgan fingerprint density at radius 1 is 1.39 bits per heavy atom. The number of hydrogen-bond donors (Lipinski definition) is 1. The molecule has 0 spiro atoms. The van der Waals surface area contributed by atoms with Crippen LogP contribution in [0.4, 0.5) is 5.69 Å². The standard InChI is InChI=1S/C13H13BrClNOS/c1-8(9-5-13(15)18-7-9)16-12-6-10(17-2)3-4-11(12)14/h3-8,16H,1-2H3. The molecule has 1 atom stereocenters. The summed E-state index contributed by atoms with van der Waals surface area (Å²) in [5.41, 5.74) is 2.18. The lowest BCUT2D eigenvalue weighted by atomic mass is 10.1. The summed E-state index contributed by atoms with van der Waals surface area (Å²) >= 11 is 11.0. The Hall–Kier alpha value is -0.710. The van der Waals surface area contributed by atoms with Crippen molar-refractivity contribution in [3.8, 4) is 5.75 Å². The molecule has 18 heavy (non-hydrogen) atoms. The van der Waals surface area contributed by atoms with Crippen molar-refractivity contribution in [3.05, 3.63) is 44.0 Å². The predicted octanol–water partition coefficient (Wildman–Crippen LogP) is 5.35. The molecule has 1 aromatic carbocycles. The van der Waals surface area contributed by atoms with Crippen molar-refractivity contribution < 1.29 is 4.74 Å². The summed E-state index contributed by atoms with van der Waals surface area (Å²) in [5.74, 6) is 0.830. The molecular formula is C13H13BrClNOS. The second kappa shape index (κ2) is 5.95. The minimum absolute atomic E-state index is 0.192. The largest absolute Gasteiger partial charge is 0.497 e. The minimum Gasteiger partial charge on any atom is -0.497 e. The number of anilines is 1. The summed E-state index contributed by atoms with van der Waals surface area (Å²) in [6.07, 6.45) is 0. The van der Waals surface area contributed by atoms with E-state index in [0.29, 0.717) is 0 Å². The molecule has 0 saturated carbocycles. The summed E-state index contributed by atoms with van der Waals surface area (Å²) in [5, 5.41) is 5.50. The van der Waals surface area contributed by atoms with Crippen LogP contribution in [0.25, 0.3) is 0 Å². The van der Waals surface area contributed by atoms with Crippen LogP contribution in [0.1, 0.15) is 18.5 Å². The van der Waals surface area contributed by atoms with Gasteiger partial charge in [-0.1, -0.05) is 11.6 Å². The van der Waals surface area contributed by atoms with Crippen LogP contribution < -0.4 is 10.1 Å². The fourth-order valence-corrected chi connectivity index (χ4v) is 2.95. The van der Waals surface area contributed by atoms with Crippen molar-refractivity contribution >= 4 is 44.6 Å². The molecule has 0 radical (unpaired) electrons. The van der Waals surface area contributed by atoms with E-state index in [9.17, 15) is 0 Å². The highest BCUT2D eigenvalue weighted by atomic mass is 79.9. The first-order valence-corrected chi connectivity index (χ1v) is 7.49. The predicted molar refractivity (Wildman–Crippen MR) is 82.1 cm³/mol. The average molecular weight is 347 g/mol. The van der Waals surface area contributed by atoms with Gasteiger partial charge in [-0.25, -0.2) is 0 Å². The van der Waals surface area contributed by atoms with Gasteiger partial charge in [0.2, 0.25) is 0 Å². The first-order chi connectivity index (χ1) is 8.60. The molecule has 1 unspecified atom stereocenters. The molecule has 1 aromatic heterocycles. The van der Waals surface area contributed by atoms with E-state index >= 15 is 0 Å². The maximum Gasteiger partial charge on any atom is 0.121 e. The van der Waals surface area contributed by atoms with E-state index in [4.69, 9.17) is 16.3 Å². The van der Waals surface area contributed by atoms with Crippen molar-refractivity contribution in [1.82, 2.24) is 0 Å². The third-order valence-corrected chi connectivity index (χ3v) is 4.43. The van der Waals surface area contributed by atoms with Crippen LogP contribution in [0, 0.1) is 0 Å². The first kappa shape index (κ1) is 13.7. The van der Waals surface area contributed by atoms with Gasteiger partial charge in [0.25, 0.3) is 0 Å². The molecule has 0 aliphatic rings. The number of nitrogens with one attached hydrogen (secondary N) is 1. The normalized spacial score (nSPS) is 12.2. The third kappa shape index (κ3) is 3.19. The number of thiophene rings is 1. The van der Waals surface area contributed by atoms with Crippen LogP contribution in [0.5, 0.6) is 5.75 Å². The van der Waals surface area contributed by atoms with Gasteiger partial charge >= 0.3 is 0 Å². The number of benzene rings is 1. The van der Waals surface area contributed by atoms with Crippen LogP contribution in [0.3, 0.4) is 0 Å². The topological polar surface area (TPSA) is 21.3 Å². The van der Waals surface area contributed by atoms with E-state index < -0.39 is 0 Å². The average Bonchev–Trinajstić information content (AvgIpc) is 2.79. The van der Waals surface area contributed by atoms with Crippen LogP contribution in [-0.4, -0.2) is 7.11 Å². The van der Waals surface area contributed by atoms with Gasteiger partial charge in [-0.3, -0.25) is 0 Å². The van der Waals surface area contributed by atoms with E-state index in [2.05, 4.69) is 33.6 Å². The van der Waals surface area contributed by atoms with E-state index in [1.165, 1.54) is 5.56 Å². The number of halogens is 2. The molecule has 2 nitrogen and oxygen atoms in total. The highest BCUT2D eigenvalue weighted by Gasteiger charge is 2.10. The SMILES string of the molecule is COc1ccc(Br)c(NC(C)c2csc(Cl)c2)c1. The van der Waals surface area contributed by atoms with E-state index in [-0.39, 0.29) is 6.04 Å². The molecule has 0 fully saturated rings. The smallest absolute Gasteiger partial charge is 0.121 e. The summed E-state index contributed by atoms with van der Waals surface area (Å²) in [6.45, 7) is 2.10. The van der Waals surface area contributed by atoms with Crippen molar-refractivity contribution in [2.24, 2.45) is 0 Å². The van der Waals surface area contributed by atoms with Gasteiger partial charge in [0.15, 0.2) is 0 Å². The lowest BCUT2D eigenvalue weighted by molar-refractivity contribution is 0.415. The summed E-state index contributed by atoms with van der Waals surface area (Å²) in [6, 6.07) is 8.03. The Morgan fingerprint density at radius 3 is 2.78 bits per heavy atom. The van der Waals surface area contributed by atoms with Gasteiger partial charge in [-0.15, -0.1) is 11.3 Å². The molecule has 0 bridgehead atoms. The zero-order valence-electron chi connectivity index (χ0n) is 10.0. The minimum atomic E-state index is 0.192. The number of methoxy groups -OCH3 is 1. The van der Waals surface area contributed by atoms with Gasteiger partial charge in [-0.05, 0) is 52.0 Å². The van der Waals surface area contributed by atoms with Gasteiger partial charge in [-0.2, -0.15) is 0 Å². The Morgan fingerprint density at radius 2 is 2.17 bits per heavy atom. The zero-order valence-corrected chi connectivity index (χ0v) is 13.2. The Labute approximate surface area is 124 Å². The van der Waals surface area contributed by atoms with Crippen LogP contribution >= 0.6 is 38.9 Å². The molecule has 1 heterocycles. The van der Waals surface area contributed by atoms with Crippen LogP contribution in [0.2, 0.25) is 4.34 Å². The Bertz CT molecular complexity index is 544. The fraction of sp³-hybridized carbons (Fsp3) is 0.231. The monoisotopic (exact) mass is 345 g/mol. The Balaban J connectivity index is 2.18. The Kier molecular flexibility index (Phi) is 4.54. The van der Waals surface area contributed by atoms with Crippen molar-refractivity contribution in [3.63, 3.8) is 0 Å². The van der Waals surface area contributed by atoms with Crippen LogP contribution in [-0.2, 0) is 0 Å². The molecule has 0 amide bonds.